The molecule has 0 spiro atoms. The van der Waals surface area contributed by atoms with Crippen LogP contribution in [0.3, 0.4) is 0 Å². The van der Waals surface area contributed by atoms with Gasteiger partial charge < -0.3 is 10.2 Å². The van der Waals surface area contributed by atoms with Crippen LogP contribution >= 0.6 is 11.3 Å². The van der Waals surface area contributed by atoms with Crippen molar-refractivity contribution in [2.75, 3.05) is 0 Å². The first-order valence-electron chi connectivity index (χ1n) is 20.0. The molecule has 0 radical (unpaired) electrons. The van der Waals surface area contributed by atoms with E-state index in [0.29, 0.717) is 18.2 Å². The van der Waals surface area contributed by atoms with Gasteiger partial charge in [-0.15, -0.1) is 11.3 Å². The Labute approximate surface area is 341 Å². The highest BCUT2D eigenvalue weighted by Crippen LogP contribution is 2.45. The van der Waals surface area contributed by atoms with Crippen LogP contribution in [0.5, 0.6) is 0 Å². The molecule has 1 unspecified atom stereocenters. The van der Waals surface area contributed by atoms with Gasteiger partial charge in [0, 0.05) is 60.5 Å². The maximum atomic E-state index is 7.00. The number of aromatic nitrogens is 1. The maximum Gasteiger partial charge on any atom is 0.161 e. The molecule has 0 amide bonds. The molecule has 9 aromatic rings. The highest BCUT2D eigenvalue weighted by Gasteiger charge is 2.24. The van der Waals surface area contributed by atoms with Gasteiger partial charge in [-0.05, 0) is 58.0 Å². The van der Waals surface area contributed by atoms with E-state index in [9.17, 15) is 0 Å². The molecule has 5 heteroatoms. The summed E-state index contributed by atoms with van der Waals surface area (Å²) in [7, 11) is 0. The molecule has 58 heavy (non-hydrogen) atoms. The number of pyridine rings is 1. The van der Waals surface area contributed by atoms with Gasteiger partial charge in [0.2, 0.25) is 0 Å². The molecule has 0 saturated heterocycles. The Morgan fingerprint density at radius 1 is 0.741 bits per heavy atom. The molecule has 2 aliphatic rings. The highest BCUT2D eigenvalue weighted by atomic mass is 32.1. The highest BCUT2D eigenvalue weighted by molar-refractivity contribution is 7.19. The second-order valence-corrected chi connectivity index (χ2v) is 16.3. The van der Waals surface area contributed by atoms with Crippen molar-refractivity contribution < 1.29 is 4.42 Å². The Bertz CT molecular complexity index is 3180. The molecule has 0 bridgehead atoms. The van der Waals surface area contributed by atoms with Crippen LogP contribution in [-0.2, 0) is 13.0 Å². The molecule has 2 aliphatic carbocycles. The molecular weight excluding hydrogens is 727 g/mol. The molecule has 0 saturated carbocycles. The lowest BCUT2D eigenvalue weighted by atomic mass is 9.87. The van der Waals surface area contributed by atoms with Crippen molar-refractivity contribution in [3.05, 3.63) is 202 Å². The van der Waals surface area contributed by atoms with Crippen LogP contribution < -0.4 is 5.73 Å². The molecule has 2 N–H and O–H groups in total. The normalized spacial score (nSPS) is 15.4. The van der Waals surface area contributed by atoms with Crippen molar-refractivity contribution in [1.29, 1.82) is 0 Å². The molecule has 0 fully saturated rings. The van der Waals surface area contributed by atoms with Gasteiger partial charge in [0.25, 0.3) is 0 Å². The smallest absolute Gasteiger partial charge is 0.161 e. The van der Waals surface area contributed by atoms with Gasteiger partial charge in [-0.2, -0.15) is 0 Å². The van der Waals surface area contributed by atoms with Gasteiger partial charge in [-0.1, -0.05) is 158 Å². The second-order valence-electron chi connectivity index (χ2n) is 15.3. The number of aliphatic imine (C=N–C) groups is 1. The molecule has 6 aromatic carbocycles. The van der Waals surface area contributed by atoms with Crippen LogP contribution in [0.2, 0.25) is 0 Å². The van der Waals surface area contributed by atoms with Crippen molar-refractivity contribution >= 4 is 77.6 Å². The van der Waals surface area contributed by atoms with Gasteiger partial charge in [0.15, 0.2) is 5.58 Å². The molecule has 11 rings (SSSR count). The summed E-state index contributed by atoms with van der Waals surface area (Å²) < 4.78 is 7.71. The first-order chi connectivity index (χ1) is 28.7. The Hall–Kier alpha value is -6.82. The van der Waals surface area contributed by atoms with Crippen LogP contribution in [0, 0.1) is 0 Å². The first-order valence-corrected chi connectivity index (χ1v) is 20.9. The molecule has 1 atom stereocenters. The Balaban J connectivity index is 0.971. The minimum absolute atomic E-state index is 0.364. The van der Waals surface area contributed by atoms with Gasteiger partial charge in [-0.25, -0.2) is 4.98 Å². The number of thiophene rings is 1. The zero-order chi connectivity index (χ0) is 38.6. The van der Waals surface area contributed by atoms with Crippen molar-refractivity contribution in [2.24, 2.45) is 10.7 Å². The summed E-state index contributed by atoms with van der Waals surface area (Å²) in [6.45, 7) is 0.537. The van der Waals surface area contributed by atoms with E-state index in [2.05, 4.69) is 164 Å². The fraction of sp³-hybridized carbons (Fsp3) is 0.0943. The number of fused-ring (bicyclic) bond motifs is 9. The lowest BCUT2D eigenvalue weighted by Gasteiger charge is -2.18. The Kier molecular flexibility index (Phi) is 8.48. The fourth-order valence-corrected chi connectivity index (χ4v) is 10.2. The van der Waals surface area contributed by atoms with Crippen molar-refractivity contribution in [1.82, 2.24) is 4.98 Å². The second kappa shape index (κ2) is 14.3. The maximum absolute atomic E-state index is 7.00. The lowest BCUT2D eigenvalue weighted by molar-refractivity contribution is 0.548. The summed E-state index contributed by atoms with van der Waals surface area (Å²) in [5.41, 5.74) is 19.2. The SMILES string of the molecule is N/C(=C\C(=N/Cc1cccc2c3c(sc12)C(c1ccccc1)CC=C3)c1ccc2ccccc2c1)c1ccc(-c2nc3c4c(oc3c3ccccc23)CCC=C4)cc1. The predicted octanol–water partition coefficient (Wildman–Crippen LogP) is 13.5. The minimum Gasteiger partial charge on any atom is -0.458 e. The number of aryl methyl sites for hydroxylation is 1. The number of nitrogens with two attached hydrogens (primary N) is 1. The van der Waals surface area contributed by atoms with E-state index in [-0.39, 0.29) is 0 Å². The summed E-state index contributed by atoms with van der Waals surface area (Å²) in [4.78, 5) is 12.0. The summed E-state index contributed by atoms with van der Waals surface area (Å²) in [6.07, 6.45) is 13.9. The number of rotatable bonds is 7. The monoisotopic (exact) mass is 765 g/mol. The van der Waals surface area contributed by atoms with Gasteiger partial charge in [0.1, 0.15) is 11.3 Å². The van der Waals surface area contributed by atoms with Crippen molar-refractivity contribution in [2.45, 2.75) is 31.7 Å². The van der Waals surface area contributed by atoms with Gasteiger partial charge in [0.05, 0.1) is 18.0 Å². The first kappa shape index (κ1) is 34.4. The topological polar surface area (TPSA) is 64.4 Å². The molecule has 0 aliphatic heterocycles. The van der Waals surface area contributed by atoms with E-state index < -0.39 is 0 Å². The third-order valence-corrected chi connectivity index (χ3v) is 13.2. The standard InChI is InChI=1S/C53H39N3OS/c54-46(35-25-27-36(28-26-35)49-41-17-6-7-18-42(41)51-50(56-49)45-19-8-9-23-48(45)57-51)31-47(38-29-24-33-12-4-5-15-37(33)30-38)55-32-39-16-10-21-43-44-22-11-20-40(53(44)58-52(39)43)34-13-2-1-3-14-34/h1-8,10-19,21-22,24-31,40H,9,20,23,32,54H2/b46-31-,55-47+. The number of hydrogen-bond acceptors (Lipinski definition) is 5. The largest absolute Gasteiger partial charge is 0.458 e. The summed E-state index contributed by atoms with van der Waals surface area (Å²) in [5, 5.41) is 5.81. The van der Waals surface area contributed by atoms with E-state index >= 15 is 0 Å². The number of benzene rings is 6. The van der Waals surface area contributed by atoms with Crippen molar-refractivity contribution in [3.8, 4) is 11.3 Å². The van der Waals surface area contributed by atoms with Gasteiger partial charge >= 0.3 is 0 Å². The van der Waals surface area contributed by atoms with E-state index in [4.69, 9.17) is 20.1 Å². The number of furan rings is 1. The average molecular weight is 766 g/mol. The minimum atomic E-state index is 0.364. The van der Waals surface area contributed by atoms with Crippen LogP contribution in [0.15, 0.2) is 167 Å². The molecule has 278 valence electrons. The van der Waals surface area contributed by atoms with E-state index in [0.717, 1.165) is 80.6 Å². The molecule has 3 aromatic heterocycles. The van der Waals surface area contributed by atoms with E-state index in [1.165, 1.54) is 42.4 Å². The number of allylic oxidation sites excluding steroid dienone is 3. The molecule has 4 nitrogen and oxygen atoms in total. The van der Waals surface area contributed by atoms with E-state index in [1.54, 1.807) is 0 Å². The third-order valence-electron chi connectivity index (χ3n) is 11.8. The zero-order valence-corrected chi connectivity index (χ0v) is 32.7. The summed E-state index contributed by atoms with van der Waals surface area (Å²) >= 11 is 1.92. The van der Waals surface area contributed by atoms with Crippen LogP contribution in [0.25, 0.3) is 71.8 Å². The zero-order valence-electron chi connectivity index (χ0n) is 31.9. The molecule has 3 heterocycles. The lowest BCUT2D eigenvalue weighted by Crippen LogP contribution is -2.05. The summed E-state index contributed by atoms with van der Waals surface area (Å²) in [5.74, 6) is 1.38. The summed E-state index contributed by atoms with van der Waals surface area (Å²) in [6, 6.07) is 49.4. The number of nitrogens with zero attached hydrogens (tertiary/aromatic N) is 2. The van der Waals surface area contributed by atoms with Gasteiger partial charge in [-0.3, -0.25) is 4.99 Å². The van der Waals surface area contributed by atoms with Crippen LogP contribution in [-0.4, -0.2) is 10.7 Å². The number of hydrogen-bond donors (Lipinski definition) is 1. The quantitative estimate of drug-likeness (QED) is 0.164. The Morgan fingerprint density at radius 2 is 1.50 bits per heavy atom. The third kappa shape index (κ3) is 5.98. The fourth-order valence-electron chi connectivity index (χ4n) is 8.79. The van der Waals surface area contributed by atoms with E-state index in [1.807, 2.05) is 17.4 Å². The molecular formula is C53H39N3OS. The predicted molar refractivity (Wildman–Crippen MR) is 244 cm³/mol. The Morgan fingerprint density at radius 3 is 2.38 bits per heavy atom. The van der Waals surface area contributed by atoms with Crippen LogP contribution in [0.4, 0.5) is 0 Å². The van der Waals surface area contributed by atoms with Crippen molar-refractivity contribution in [3.63, 3.8) is 0 Å². The average Bonchev–Trinajstić information content (AvgIpc) is 3.87. The van der Waals surface area contributed by atoms with Crippen LogP contribution in [0.1, 0.15) is 62.8 Å².